The maximum absolute atomic E-state index is 12.1. The summed E-state index contributed by atoms with van der Waals surface area (Å²) in [6.45, 7) is 1.89. The van der Waals surface area contributed by atoms with Gasteiger partial charge in [-0.3, -0.25) is 9.48 Å². The van der Waals surface area contributed by atoms with Crippen LogP contribution in [0.2, 0.25) is 0 Å². The van der Waals surface area contributed by atoms with Gasteiger partial charge in [0.1, 0.15) is 10.0 Å². The molecule has 0 radical (unpaired) electrons. The normalized spacial score (nSPS) is 17.8. The fourth-order valence-electron chi connectivity index (χ4n) is 2.65. The van der Waals surface area contributed by atoms with E-state index < -0.39 is 0 Å². The number of rotatable bonds is 3. The van der Waals surface area contributed by atoms with Crippen molar-refractivity contribution >= 4 is 17.2 Å². The number of nitrogens with one attached hydrogen (secondary N) is 1. The van der Waals surface area contributed by atoms with Gasteiger partial charge in [-0.05, 0) is 26.2 Å². The average Bonchev–Trinajstić information content (AvgIpc) is 2.98. The van der Waals surface area contributed by atoms with E-state index in [4.69, 9.17) is 0 Å². The highest BCUT2D eigenvalue weighted by molar-refractivity contribution is 7.11. The summed E-state index contributed by atoms with van der Waals surface area (Å²) in [6.07, 6.45) is 5.26. The molecule has 1 amide bonds. The van der Waals surface area contributed by atoms with Crippen molar-refractivity contribution in [1.29, 1.82) is 0 Å². The highest BCUT2D eigenvalue weighted by Crippen LogP contribution is 2.29. The van der Waals surface area contributed by atoms with Crippen LogP contribution in [-0.2, 0) is 24.7 Å². The molecule has 20 heavy (non-hydrogen) atoms. The molecule has 2 aromatic heterocycles. The van der Waals surface area contributed by atoms with E-state index in [1.807, 2.05) is 24.9 Å². The molecule has 1 aliphatic rings. The topological polar surface area (TPSA) is 72.7 Å². The highest BCUT2D eigenvalue weighted by atomic mass is 32.1. The Morgan fingerprint density at radius 1 is 1.55 bits per heavy atom. The molecule has 0 aliphatic heterocycles. The molecule has 0 fully saturated rings. The first-order valence-corrected chi connectivity index (χ1v) is 7.54. The van der Waals surface area contributed by atoms with E-state index >= 15 is 0 Å². The smallest absolute Gasteiger partial charge is 0.227 e. The second-order valence-corrected chi connectivity index (χ2v) is 6.34. The van der Waals surface area contributed by atoms with Gasteiger partial charge in [0.15, 0.2) is 0 Å². The van der Waals surface area contributed by atoms with Crippen LogP contribution in [0, 0.1) is 6.92 Å². The molecule has 6 nitrogen and oxygen atoms in total. The summed E-state index contributed by atoms with van der Waals surface area (Å²) in [4.78, 5) is 12.1. The van der Waals surface area contributed by atoms with Crippen molar-refractivity contribution in [3.05, 3.63) is 27.5 Å². The lowest BCUT2D eigenvalue weighted by atomic mass is 9.93. The third-order valence-electron chi connectivity index (χ3n) is 3.59. The van der Waals surface area contributed by atoms with Gasteiger partial charge in [-0.15, -0.1) is 21.5 Å². The van der Waals surface area contributed by atoms with Crippen molar-refractivity contribution in [2.75, 3.05) is 0 Å². The Labute approximate surface area is 121 Å². The Morgan fingerprint density at radius 3 is 3.15 bits per heavy atom. The molecule has 106 valence electrons. The monoisotopic (exact) mass is 291 g/mol. The number of fused-ring (bicyclic) bond motifs is 1. The van der Waals surface area contributed by atoms with Crippen molar-refractivity contribution in [3.63, 3.8) is 0 Å². The van der Waals surface area contributed by atoms with E-state index in [9.17, 15) is 4.79 Å². The molecule has 0 saturated heterocycles. The fourth-order valence-corrected chi connectivity index (χ4v) is 3.36. The van der Waals surface area contributed by atoms with Gasteiger partial charge in [0.05, 0.1) is 18.7 Å². The molecule has 0 bridgehead atoms. The fraction of sp³-hybridized carbons (Fsp3) is 0.538. The lowest BCUT2D eigenvalue weighted by Crippen LogP contribution is -2.32. The number of carbonyl (C=O) groups excluding carboxylic acids is 1. The van der Waals surface area contributed by atoms with E-state index in [0.717, 1.165) is 34.8 Å². The van der Waals surface area contributed by atoms with E-state index in [2.05, 4.69) is 20.6 Å². The first-order chi connectivity index (χ1) is 9.63. The van der Waals surface area contributed by atoms with Gasteiger partial charge in [-0.2, -0.15) is 5.10 Å². The largest absolute Gasteiger partial charge is 0.349 e. The molecule has 3 rings (SSSR count). The minimum atomic E-state index is 0.00264. The molecular weight excluding hydrogens is 274 g/mol. The summed E-state index contributed by atoms with van der Waals surface area (Å²) >= 11 is 1.47. The number of hydrogen-bond donors (Lipinski definition) is 1. The second-order valence-electron chi connectivity index (χ2n) is 5.07. The Morgan fingerprint density at radius 2 is 2.40 bits per heavy atom. The maximum Gasteiger partial charge on any atom is 0.227 e. The zero-order valence-corrected chi connectivity index (χ0v) is 12.4. The number of aromatic nitrogens is 4. The second kappa shape index (κ2) is 5.32. The average molecular weight is 291 g/mol. The third-order valence-corrected chi connectivity index (χ3v) is 4.43. The standard InChI is InChI=1S/C13H17N5OS/c1-8-16-17-13(20-8)6-12(19)15-10-4-3-5-11-9(10)7-14-18(11)2/h7,10H,3-6H2,1-2H3,(H,15,19). The predicted octanol–water partition coefficient (Wildman–Crippen LogP) is 1.32. The summed E-state index contributed by atoms with van der Waals surface area (Å²) in [6, 6.07) is 0.0777. The van der Waals surface area contributed by atoms with Crippen LogP contribution in [0.25, 0.3) is 0 Å². The van der Waals surface area contributed by atoms with Gasteiger partial charge >= 0.3 is 0 Å². The van der Waals surface area contributed by atoms with Gasteiger partial charge in [-0.1, -0.05) is 0 Å². The van der Waals surface area contributed by atoms with Crippen molar-refractivity contribution < 1.29 is 4.79 Å². The molecule has 1 aliphatic carbocycles. The van der Waals surface area contributed by atoms with Gasteiger partial charge in [0.2, 0.25) is 5.91 Å². The number of amides is 1. The third kappa shape index (κ3) is 2.58. The summed E-state index contributed by atoms with van der Waals surface area (Å²) < 4.78 is 1.90. The summed E-state index contributed by atoms with van der Waals surface area (Å²) in [5.41, 5.74) is 2.38. The van der Waals surface area contributed by atoms with E-state index in [0.29, 0.717) is 6.42 Å². The lowest BCUT2D eigenvalue weighted by molar-refractivity contribution is -0.121. The number of hydrogen-bond acceptors (Lipinski definition) is 5. The molecule has 1 unspecified atom stereocenters. The molecular formula is C13H17N5OS. The minimum absolute atomic E-state index is 0.00264. The quantitative estimate of drug-likeness (QED) is 0.925. The molecule has 1 N–H and O–H groups in total. The zero-order valence-electron chi connectivity index (χ0n) is 11.6. The summed E-state index contributed by atoms with van der Waals surface area (Å²) in [5.74, 6) is 0.00264. The molecule has 7 heteroatoms. The van der Waals surface area contributed by atoms with Crippen LogP contribution in [0.3, 0.4) is 0 Å². The Bertz CT molecular complexity index is 632. The van der Waals surface area contributed by atoms with Crippen LogP contribution in [0.15, 0.2) is 6.20 Å². The molecule has 1 atom stereocenters. The number of aryl methyl sites for hydroxylation is 2. The molecule has 2 aromatic rings. The number of nitrogens with zero attached hydrogens (tertiary/aromatic N) is 4. The van der Waals surface area contributed by atoms with Gasteiger partial charge in [-0.25, -0.2) is 0 Å². The van der Waals surface area contributed by atoms with Gasteiger partial charge < -0.3 is 5.32 Å². The van der Waals surface area contributed by atoms with Crippen molar-refractivity contribution in [1.82, 2.24) is 25.3 Å². The predicted molar refractivity (Wildman–Crippen MR) is 75.4 cm³/mol. The SMILES string of the molecule is Cc1nnc(CC(=O)NC2CCCc3c2cnn3C)s1. The van der Waals surface area contributed by atoms with Crippen molar-refractivity contribution in [3.8, 4) is 0 Å². The van der Waals surface area contributed by atoms with Crippen LogP contribution in [0.1, 0.15) is 40.2 Å². The Balaban J connectivity index is 1.68. The first kappa shape index (κ1) is 13.2. The Hall–Kier alpha value is -1.76. The Kier molecular flexibility index (Phi) is 3.52. The van der Waals surface area contributed by atoms with E-state index in [1.165, 1.54) is 17.0 Å². The maximum atomic E-state index is 12.1. The first-order valence-electron chi connectivity index (χ1n) is 6.72. The number of carbonyl (C=O) groups is 1. The minimum Gasteiger partial charge on any atom is -0.349 e. The van der Waals surface area contributed by atoms with Crippen LogP contribution in [-0.4, -0.2) is 25.9 Å². The zero-order chi connectivity index (χ0) is 14.1. The molecule has 0 aromatic carbocycles. The van der Waals surface area contributed by atoms with Gasteiger partial charge in [0, 0.05) is 18.3 Å². The van der Waals surface area contributed by atoms with Gasteiger partial charge in [0.25, 0.3) is 0 Å². The summed E-state index contributed by atoms with van der Waals surface area (Å²) in [7, 11) is 1.95. The van der Waals surface area contributed by atoms with Crippen LogP contribution >= 0.6 is 11.3 Å². The molecule has 0 spiro atoms. The van der Waals surface area contributed by atoms with E-state index in [-0.39, 0.29) is 11.9 Å². The van der Waals surface area contributed by atoms with Crippen molar-refractivity contribution in [2.24, 2.45) is 7.05 Å². The van der Waals surface area contributed by atoms with Crippen molar-refractivity contribution in [2.45, 2.75) is 38.6 Å². The molecule has 2 heterocycles. The van der Waals surface area contributed by atoms with Crippen LogP contribution in [0.4, 0.5) is 0 Å². The van der Waals surface area contributed by atoms with E-state index in [1.54, 1.807) is 0 Å². The highest BCUT2D eigenvalue weighted by Gasteiger charge is 2.24. The lowest BCUT2D eigenvalue weighted by Gasteiger charge is -2.23. The van der Waals surface area contributed by atoms with Crippen LogP contribution < -0.4 is 5.32 Å². The molecule has 0 saturated carbocycles. The van der Waals surface area contributed by atoms with Crippen LogP contribution in [0.5, 0.6) is 0 Å². The summed E-state index contributed by atoms with van der Waals surface area (Å²) in [5, 5.41) is 17.0.